The Hall–Kier alpha value is -2.57. The molecule has 1 N–H and O–H groups in total. The second kappa shape index (κ2) is 8.41. The molecule has 0 aliphatic rings. The van der Waals surface area contributed by atoms with Crippen LogP contribution < -0.4 is 5.32 Å². The highest BCUT2D eigenvalue weighted by atomic mass is 35.5. The summed E-state index contributed by atoms with van der Waals surface area (Å²) in [4.78, 5) is 28.7. The molecule has 27 heavy (non-hydrogen) atoms. The van der Waals surface area contributed by atoms with Crippen LogP contribution in [0.1, 0.15) is 12.7 Å². The van der Waals surface area contributed by atoms with Crippen LogP contribution in [0.3, 0.4) is 0 Å². The monoisotopic (exact) mass is 405 g/mol. The molecule has 8 heteroatoms. The first-order chi connectivity index (χ1) is 13.0. The summed E-state index contributed by atoms with van der Waals surface area (Å²) < 4.78 is 6.88. The van der Waals surface area contributed by atoms with Gasteiger partial charge in [0.1, 0.15) is 12.4 Å². The lowest BCUT2D eigenvalue weighted by Crippen LogP contribution is -2.23. The van der Waals surface area contributed by atoms with Gasteiger partial charge in [-0.15, -0.1) is 0 Å². The first kappa shape index (κ1) is 19.2. The highest BCUT2D eigenvalue weighted by Crippen LogP contribution is 2.29. The summed E-state index contributed by atoms with van der Waals surface area (Å²) in [6.45, 7) is 1.50. The maximum Gasteiger partial charge on any atom is 0.326 e. The van der Waals surface area contributed by atoms with E-state index >= 15 is 0 Å². The first-order valence-electron chi connectivity index (χ1n) is 8.33. The molecule has 1 aromatic heterocycles. The predicted octanol–water partition coefficient (Wildman–Crippen LogP) is 4.09. The number of nitrogens with zero attached hydrogens (tertiary/aromatic N) is 2. The number of fused-ring (bicyclic) bond motifs is 1. The topological polar surface area (TPSA) is 73.2 Å². The smallest absolute Gasteiger partial charge is 0.326 e. The van der Waals surface area contributed by atoms with Crippen molar-refractivity contribution >= 4 is 51.8 Å². The SMILES string of the molecule is CCc1nc2ccccc2n1CC(=O)OCC(=O)Nc1c(Cl)cccc1Cl. The third-order valence-corrected chi connectivity index (χ3v) is 4.56. The molecule has 0 fully saturated rings. The molecule has 3 rings (SSSR count). The number of benzene rings is 2. The van der Waals surface area contributed by atoms with Crippen molar-refractivity contribution in [2.45, 2.75) is 19.9 Å². The quantitative estimate of drug-likeness (QED) is 0.626. The van der Waals surface area contributed by atoms with E-state index in [-0.39, 0.29) is 12.2 Å². The van der Waals surface area contributed by atoms with Crippen LogP contribution >= 0.6 is 23.2 Å². The normalized spacial score (nSPS) is 10.8. The van der Waals surface area contributed by atoms with E-state index in [0.717, 1.165) is 16.9 Å². The van der Waals surface area contributed by atoms with Crippen LogP contribution in [0, 0.1) is 0 Å². The number of para-hydroxylation sites is 3. The molecule has 140 valence electrons. The Labute approximate surface area is 166 Å². The maximum atomic E-state index is 12.2. The van der Waals surface area contributed by atoms with Crippen LogP contribution in [0.25, 0.3) is 11.0 Å². The van der Waals surface area contributed by atoms with Crippen molar-refractivity contribution in [3.8, 4) is 0 Å². The van der Waals surface area contributed by atoms with Gasteiger partial charge in [0.2, 0.25) is 0 Å². The minimum atomic E-state index is -0.534. The average Bonchev–Trinajstić information content (AvgIpc) is 3.01. The zero-order valence-corrected chi connectivity index (χ0v) is 16.0. The van der Waals surface area contributed by atoms with E-state index in [1.54, 1.807) is 22.8 Å². The van der Waals surface area contributed by atoms with Crippen molar-refractivity contribution in [1.29, 1.82) is 0 Å². The van der Waals surface area contributed by atoms with Crippen LogP contribution in [0.5, 0.6) is 0 Å². The fraction of sp³-hybridized carbons (Fsp3) is 0.211. The van der Waals surface area contributed by atoms with Crippen LogP contribution in [-0.4, -0.2) is 28.0 Å². The molecule has 0 saturated heterocycles. The second-order valence-corrected chi connectivity index (χ2v) is 6.58. The number of hydrogen-bond donors (Lipinski definition) is 1. The largest absolute Gasteiger partial charge is 0.454 e. The van der Waals surface area contributed by atoms with Gasteiger partial charge in [-0.3, -0.25) is 9.59 Å². The van der Waals surface area contributed by atoms with Crippen molar-refractivity contribution in [3.63, 3.8) is 0 Å². The van der Waals surface area contributed by atoms with E-state index in [1.807, 2.05) is 31.2 Å². The molecule has 6 nitrogen and oxygen atoms in total. The number of aromatic nitrogens is 2. The molecule has 2 aromatic carbocycles. The summed E-state index contributed by atoms with van der Waals surface area (Å²) in [5.74, 6) is -0.279. The van der Waals surface area contributed by atoms with Crippen molar-refractivity contribution in [1.82, 2.24) is 9.55 Å². The minimum Gasteiger partial charge on any atom is -0.454 e. The molecular formula is C19H17Cl2N3O3. The molecular weight excluding hydrogens is 389 g/mol. The van der Waals surface area contributed by atoms with Crippen molar-refractivity contribution < 1.29 is 14.3 Å². The Morgan fingerprint density at radius 2 is 1.81 bits per heavy atom. The van der Waals surface area contributed by atoms with E-state index in [9.17, 15) is 9.59 Å². The number of anilines is 1. The summed E-state index contributed by atoms with van der Waals surface area (Å²) in [6.07, 6.45) is 0.674. The first-order valence-corrected chi connectivity index (χ1v) is 9.08. The summed E-state index contributed by atoms with van der Waals surface area (Å²) >= 11 is 12.0. The number of amides is 1. The van der Waals surface area contributed by atoms with Crippen molar-refractivity contribution in [2.75, 3.05) is 11.9 Å². The van der Waals surface area contributed by atoms with Crippen LogP contribution in [0.4, 0.5) is 5.69 Å². The lowest BCUT2D eigenvalue weighted by atomic mass is 10.3. The third kappa shape index (κ3) is 4.40. The molecule has 3 aromatic rings. The molecule has 0 atom stereocenters. The number of halogens is 2. The summed E-state index contributed by atoms with van der Waals surface area (Å²) in [6, 6.07) is 12.4. The summed E-state index contributed by atoms with van der Waals surface area (Å²) in [5.41, 5.74) is 1.95. The number of ether oxygens (including phenoxy) is 1. The predicted molar refractivity (Wildman–Crippen MR) is 105 cm³/mol. The van der Waals surface area contributed by atoms with Gasteiger partial charge in [-0.1, -0.05) is 48.3 Å². The van der Waals surface area contributed by atoms with E-state index in [1.165, 1.54) is 0 Å². The van der Waals surface area contributed by atoms with E-state index < -0.39 is 18.5 Å². The highest BCUT2D eigenvalue weighted by Gasteiger charge is 2.15. The van der Waals surface area contributed by atoms with Gasteiger partial charge in [0.25, 0.3) is 5.91 Å². The fourth-order valence-corrected chi connectivity index (χ4v) is 3.18. The number of rotatable bonds is 6. The number of esters is 1. The van der Waals surface area contributed by atoms with E-state index in [0.29, 0.717) is 16.5 Å². The number of carbonyl (C=O) groups is 2. The standard InChI is InChI=1S/C19H17Cl2N3O3/c1-2-16-22-14-8-3-4-9-15(14)24(16)10-18(26)27-11-17(25)23-19-12(20)6-5-7-13(19)21/h3-9H,2,10-11H2,1H3,(H,23,25). The fourth-order valence-electron chi connectivity index (χ4n) is 2.69. The van der Waals surface area contributed by atoms with Crippen LogP contribution in [0.15, 0.2) is 42.5 Å². The summed E-state index contributed by atoms with van der Waals surface area (Å²) in [5, 5.41) is 3.16. The third-order valence-electron chi connectivity index (χ3n) is 3.93. The number of hydrogen-bond acceptors (Lipinski definition) is 4. The van der Waals surface area contributed by atoms with Crippen molar-refractivity contribution in [3.05, 3.63) is 58.3 Å². The Morgan fingerprint density at radius 3 is 2.52 bits per heavy atom. The van der Waals surface area contributed by atoms with Gasteiger partial charge in [-0.25, -0.2) is 4.98 Å². The van der Waals surface area contributed by atoms with Gasteiger partial charge in [0, 0.05) is 6.42 Å². The molecule has 0 saturated carbocycles. The number of carbonyl (C=O) groups excluding carboxylic acids is 2. The molecule has 0 aliphatic heterocycles. The Kier molecular flexibility index (Phi) is 5.98. The van der Waals surface area contributed by atoms with E-state index in [2.05, 4.69) is 10.3 Å². The van der Waals surface area contributed by atoms with Gasteiger partial charge in [-0.2, -0.15) is 0 Å². The second-order valence-electron chi connectivity index (χ2n) is 5.76. The molecule has 1 heterocycles. The van der Waals surface area contributed by atoms with Crippen LogP contribution in [0.2, 0.25) is 10.0 Å². The van der Waals surface area contributed by atoms with Gasteiger partial charge in [0.15, 0.2) is 6.61 Å². The van der Waals surface area contributed by atoms with E-state index in [4.69, 9.17) is 27.9 Å². The molecule has 0 radical (unpaired) electrons. The molecule has 0 spiro atoms. The minimum absolute atomic E-state index is 0.0240. The molecule has 0 bridgehead atoms. The molecule has 0 unspecified atom stereocenters. The lowest BCUT2D eigenvalue weighted by Gasteiger charge is -2.11. The van der Waals surface area contributed by atoms with Crippen LogP contribution in [-0.2, 0) is 27.3 Å². The van der Waals surface area contributed by atoms with Gasteiger partial charge < -0.3 is 14.6 Å². The molecule has 1 amide bonds. The van der Waals surface area contributed by atoms with Crippen molar-refractivity contribution in [2.24, 2.45) is 0 Å². The molecule has 0 aliphatic carbocycles. The van der Waals surface area contributed by atoms with Gasteiger partial charge in [-0.05, 0) is 24.3 Å². The number of imidazole rings is 1. The summed E-state index contributed by atoms with van der Waals surface area (Å²) in [7, 11) is 0. The zero-order valence-electron chi connectivity index (χ0n) is 14.5. The lowest BCUT2D eigenvalue weighted by molar-refractivity contribution is -0.147. The highest BCUT2D eigenvalue weighted by molar-refractivity contribution is 6.39. The Bertz CT molecular complexity index is 981. The maximum absolute atomic E-state index is 12.2. The Balaban J connectivity index is 1.63. The number of nitrogens with one attached hydrogen (secondary N) is 1. The van der Waals surface area contributed by atoms with Gasteiger partial charge >= 0.3 is 5.97 Å². The zero-order chi connectivity index (χ0) is 19.4. The van der Waals surface area contributed by atoms with Gasteiger partial charge in [0.05, 0.1) is 26.8 Å². The average molecular weight is 406 g/mol. The number of aryl methyl sites for hydroxylation is 1. The Morgan fingerprint density at radius 1 is 1.11 bits per heavy atom.